The van der Waals surface area contributed by atoms with Gasteiger partial charge in [-0.15, -0.1) is 0 Å². The molecule has 214 valence electrons. The quantitative estimate of drug-likeness (QED) is 0.195. The number of hydrogen-bond donors (Lipinski definition) is 0. The summed E-state index contributed by atoms with van der Waals surface area (Å²) < 4.78 is 2.39. The maximum Gasteiger partial charge on any atom is 0.0547 e. The fourth-order valence-electron chi connectivity index (χ4n) is 7.45. The van der Waals surface area contributed by atoms with Crippen LogP contribution in [0.15, 0.2) is 174 Å². The fraction of sp³-hybridized carbons (Fsp3) is 0. The highest BCUT2D eigenvalue weighted by atomic mass is 32.2. The van der Waals surface area contributed by atoms with E-state index in [2.05, 4.69) is 168 Å². The molecule has 10 rings (SSSR count). The van der Waals surface area contributed by atoms with Gasteiger partial charge >= 0.3 is 0 Å². The second kappa shape index (κ2) is 9.97. The molecule has 0 unspecified atom stereocenters. The zero-order valence-corrected chi connectivity index (χ0v) is 25.8. The van der Waals surface area contributed by atoms with E-state index in [0.29, 0.717) is 0 Å². The molecular formula is C44H27NS. The highest BCUT2D eigenvalue weighted by Gasteiger charge is 2.20. The molecule has 0 saturated heterocycles. The largest absolute Gasteiger partial charge is 0.309 e. The van der Waals surface area contributed by atoms with Crippen LogP contribution < -0.4 is 0 Å². The van der Waals surface area contributed by atoms with E-state index in [1.165, 1.54) is 92.2 Å². The van der Waals surface area contributed by atoms with Crippen molar-refractivity contribution < 1.29 is 0 Å². The first-order valence-electron chi connectivity index (χ1n) is 15.8. The maximum atomic E-state index is 2.40. The van der Waals surface area contributed by atoms with Crippen molar-refractivity contribution >= 4 is 55.1 Å². The molecule has 1 aliphatic heterocycles. The van der Waals surface area contributed by atoms with Gasteiger partial charge in [-0.3, -0.25) is 0 Å². The van der Waals surface area contributed by atoms with Gasteiger partial charge in [-0.2, -0.15) is 0 Å². The minimum absolute atomic E-state index is 1.18. The average Bonchev–Trinajstić information content (AvgIpc) is 3.44. The minimum atomic E-state index is 1.18. The predicted molar refractivity (Wildman–Crippen MR) is 196 cm³/mol. The summed E-state index contributed by atoms with van der Waals surface area (Å²) in [5, 5.41) is 7.71. The molecule has 0 spiro atoms. The Bertz CT molecular complexity index is 2660. The monoisotopic (exact) mass is 601 g/mol. The molecule has 1 aromatic heterocycles. The summed E-state index contributed by atoms with van der Waals surface area (Å²) in [4.78, 5) is 2.66. The minimum Gasteiger partial charge on any atom is -0.309 e. The summed E-state index contributed by atoms with van der Waals surface area (Å²) in [6.07, 6.45) is 0. The fourth-order valence-corrected chi connectivity index (χ4v) is 8.58. The number of hydrogen-bond acceptors (Lipinski definition) is 1. The predicted octanol–water partition coefficient (Wildman–Crippen LogP) is 12.6. The molecule has 0 atom stereocenters. The molecule has 0 N–H and O–H groups in total. The van der Waals surface area contributed by atoms with Gasteiger partial charge in [0.25, 0.3) is 0 Å². The number of rotatable bonds is 3. The third-order valence-corrected chi connectivity index (χ3v) is 10.7. The summed E-state index contributed by atoms with van der Waals surface area (Å²) in [5.41, 5.74) is 11.3. The zero-order chi connectivity index (χ0) is 30.2. The van der Waals surface area contributed by atoms with Crippen LogP contribution in [0, 0.1) is 0 Å². The van der Waals surface area contributed by atoms with Crippen LogP contribution in [0.3, 0.4) is 0 Å². The number of nitrogens with zero attached hydrogens (tertiary/aromatic N) is 1. The van der Waals surface area contributed by atoms with Crippen molar-refractivity contribution in [2.24, 2.45) is 0 Å². The molecule has 46 heavy (non-hydrogen) atoms. The van der Waals surface area contributed by atoms with Crippen molar-refractivity contribution in [2.75, 3.05) is 0 Å². The van der Waals surface area contributed by atoms with Gasteiger partial charge in [0.2, 0.25) is 0 Å². The normalized spacial score (nSPS) is 12.3. The lowest BCUT2D eigenvalue weighted by Crippen LogP contribution is -1.94. The van der Waals surface area contributed by atoms with Gasteiger partial charge in [0.1, 0.15) is 0 Å². The molecule has 2 heterocycles. The van der Waals surface area contributed by atoms with E-state index in [0.717, 1.165) is 0 Å². The number of aromatic nitrogens is 1. The summed E-state index contributed by atoms with van der Waals surface area (Å²) in [5.74, 6) is 0. The van der Waals surface area contributed by atoms with Crippen LogP contribution in [0.2, 0.25) is 0 Å². The lowest BCUT2D eigenvalue weighted by atomic mass is 9.90. The molecular weight excluding hydrogens is 575 g/mol. The molecule has 1 nitrogen and oxygen atoms in total. The van der Waals surface area contributed by atoms with Crippen LogP contribution >= 0.6 is 11.8 Å². The number of fused-ring (bicyclic) bond motifs is 6. The van der Waals surface area contributed by atoms with E-state index in [1.54, 1.807) is 0 Å². The molecule has 0 bridgehead atoms. The molecule has 1 aliphatic rings. The van der Waals surface area contributed by atoms with Crippen LogP contribution in [0.25, 0.3) is 82.4 Å². The molecule has 2 heteroatoms. The second-order valence-corrected chi connectivity index (χ2v) is 13.2. The summed E-state index contributed by atoms with van der Waals surface area (Å²) in [7, 11) is 0. The molecule has 9 aromatic rings. The van der Waals surface area contributed by atoms with Gasteiger partial charge in [0.15, 0.2) is 0 Å². The van der Waals surface area contributed by atoms with E-state index in [9.17, 15) is 0 Å². The Balaban J connectivity index is 1.13. The van der Waals surface area contributed by atoms with E-state index in [4.69, 9.17) is 0 Å². The first-order chi connectivity index (χ1) is 22.8. The first kappa shape index (κ1) is 25.7. The zero-order valence-electron chi connectivity index (χ0n) is 24.9. The van der Waals surface area contributed by atoms with Crippen molar-refractivity contribution in [2.45, 2.75) is 9.79 Å². The van der Waals surface area contributed by atoms with Crippen LogP contribution in [0.4, 0.5) is 0 Å². The Morgan fingerprint density at radius 2 is 1.09 bits per heavy atom. The molecule has 8 aromatic carbocycles. The summed E-state index contributed by atoms with van der Waals surface area (Å²) in [6, 6.07) is 60.3. The first-order valence-corrected chi connectivity index (χ1v) is 16.6. The summed E-state index contributed by atoms with van der Waals surface area (Å²) in [6.45, 7) is 0. The van der Waals surface area contributed by atoms with Crippen molar-refractivity contribution in [1.29, 1.82) is 0 Å². The molecule has 0 amide bonds. The van der Waals surface area contributed by atoms with E-state index in [1.807, 2.05) is 11.8 Å². The third-order valence-electron chi connectivity index (χ3n) is 9.55. The van der Waals surface area contributed by atoms with Gasteiger partial charge < -0.3 is 4.57 Å². The SMILES string of the molecule is c1ccc(-n2c3ccccc3c3cc4cc(-c5ccccc5-c5ccc6c(c5)-c5cccc7cccc(c57)S6)ccc4cc32)cc1. The van der Waals surface area contributed by atoms with Gasteiger partial charge in [-0.1, -0.05) is 121 Å². The molecule has 0 aliphatic carbocycles. The van der Waals surface area contributed by atoms with Gasteiger partial charge in [-0.05, 0) is 104 Å². The van der Waals surface area contributed by atoms with Crippen molar-refractivity contribution in [1.82, 2.24) is 4.57 Å². The van der Waals surface area contributed by atoms with Gasteiger partial charge in [0.05, 0.1) is 11.0 Å². The van der Waals surface area contributed by atoms with Crippen LogP contribution in [0.1, 0.15) is 0 Å². The lowest BCUT2D eigenvalue weighted by molar-refractivity contribution is 1.18. The van der Waals surface area contributed by atoms with Gasteiger partial charge in [-0.25, -0.2) is 0 Å². The Kier molecular flexibility index (Phi) is 5.58. The molecule has 0 saturated carbocycles. The van der Waals surface area contributed by atoms with E-state index >= 15 is 0 Å². The Hall–Kier alpha value is -5.57. The van der Waals surface area contributed by atoms with Gasteiger partial charge in [0, 0.05) is 31.6 Å². The smallest absolute Gasteiger partial charge is 0.0547 e. The van der Waals surface area contributed by atoms with Crippen LogP contribution in [-0.2, 0) is 0 Å². The number of para-hydroxylation sites is 2. The van der Waals surface area contributed by atoms with Crippen molar-refractivity contribution in [3.05, 3.63) is 164 Å². The van der Waals surface area contributed by atoms with E-state index in [-0.39, 0.29) is 0 Å². The van der Waals surface area contributed by atoms with Crippen LogP contribution in [-0.4, -0.2) is 4.57 Å². The number of benzene rings is 8. The van der Waals surface area contributed by atoms with Crippen molar-refractivity contribution in [3.63, 3.8) is 0 Å². The Morgan fingerprint density at radius 1 is 0.370 bits per heavy atom. The van der Waals surface area contributed by atoms with Crippen LogP contribution in [0.5, 0.6) is 0 Å². The molecule has 0 fully saturated rings. The second-order valence-electron chi connectivity index (χ2n) is 12.1. The molecule has 0 radical (unpaired) electrons. The average molecular weight is 602 g/mol. The standard InChI is InChI=1S/C44H27NS/c1-2-12-33(13-3-1)45-40-18-7-6-16-36(40)38-26-32-24-30(21-20-29(32)27-41(38)45)34-14-4-5-15-35(34)31-22-23-42-39(25-31)37-17-8-10-28-11-9-19-43(46-42)44(28)37/h1-27H. The highest BCUT2D eigenvalue weighted by Crippen LogP contribution is 2.49. The Labute approximate surface area is 271 Å². The Morgan fingerprint density at radius 3 is 1.96 bits per heavy atom. The van der Waals surface area contributed by atoms with E-state index < -0.39 is 0 Å². The topological polar surface area (TPSA) is 4.93 Å². The van der Waals surface area contributed by atoms with Crippen molar-refractivity contribution in [3.8, 4) is 39.1 Å². The highest BCUT2D eigenvalue weighted by molar-refractivity contribution is 7.99. The lowest BCUT2D eigenvalue weighted by Gasteiger charge is -2.21. The summed E-state index contributed by atoms with van der Waals surface area (Å²) >= 11 is 1.88. The third kappa shape index (κ3) is 3.84. The maximum absolute atomic E-state index is 2.40.